The zero-order valence-corrected chi connectivity index (χ0v) is 13.9. The molecule has 2 aromatic heterocycles. The van der Waals surface area contributed by atoms with Crippen molar-refractivity contribution >= 4 is 22.7 Å². The fraction of sp³-hybridized carbons (Fsp3) is 0.562. The third-order valence-corrected chi connectivity index (χ3v) is 6.21. The van der Waals surface area contributed by atoms with E-state index in [1.807, 2.05) is 11.3 Å². The van der Waals surface area contributed by atoms with Gasteiger partial charge in [0.05, 0.1) is 10.7 Å². The third-order valence-electron chi connectivity index (χ3n) is 4.04. The van der Waals surface area contributed by atoms with Crippen LogP contribution in [-0.4, -0.2) is 12.0 Å². The molecule has 0 aromatic carbocycles. The van der Waals surface area contributed by atoms with Crippen LogP contribution in [0, 0.1) is 6.92 Å². The van der Waals surface area contributed by atoms with E-state index >= 15 is 0 Å². The van der Waals surface area contributed by atoms with E-state index in [9.17, 15) is 0 Å². The number of nitrogens with one attached hydrogen (secondary N) is 1. The summed E-state index contributed by atoms with van der Waals surface area (Å²) in [5.74, 6) is 0. The number of hydrogen-bond acceptors (Lipinski definition) is 4. The normalized spacial score (nSPS) is 16.7. The Morgan fingerprint density at radius 1 is 1.30 bits per heavy atom. The predicted octanol–water partition coefficient (Wildman–Crippen LogP) is 4.29. The van der Waals surface area contributed by atoms with Gasteiger partial charge in [-0.1, -0.05) is 6.42 Å². The van der Waals surface area contributed by atoms with Crippen molar-refractivity contribution in [2.24, 2.45) is 0 Å². The number of rotatable bonds is 4. The van der Waals surface area contributed by atoms with E-state index in [-0.39, 0.29) is 0 Å². The van der Waals surface area contributed by atoms with Crippen molar-refractivity contribution in [2.45, 2.75) is 51.5 Å². The Bertz CT molecular complexity index is 547. The molecule has 0 saturated carbocycles. The lowest BCUT2D eigenvalue weighted by Gasteiger charge is -2.13. The monoisotopic (exact) mass is 306 g/mol. The Morgan fingerprint density at radius 3 is 2.90 bits per heavy atom. The fourth-order valence-corrected chi connectivity index (χ4v) is 4.91. The molecule has 108 valence electrons. The summed E-state index contributed by atoms with van der Waals surface area (Å²) in [5.41, 5.74) is 2.83. The van der Waals surface area contributed by atoms with E-state index < -0.39 is 0 Å². The second kappa shape index (κ2) is 6.37. The smallest absolute Gasteiger partial charge is 0.0897 e. The highest BCUT2D eigenvalue weighted by Gasteiger charge is 2.18. The summed E-state index contributed by atoms with van der Waals surface area (Å²) in [6, 6.07) is 2.86. The summed E-state index contributed by atoms with van der Waals surface area (Å²) in [6.07, 6.45) is 7.68. The van der Waals surface area contributed by atoms with Gasteiger partial charge in [0.1, 0.15) is 0 Å². The maximum absolute atomic E-state index is 4.60. The average molecular weight is 307 g/mol. The molecule has 20 heavy (non-hydrogen) atoms. The van der Waals surface area contributed by atoms with Crippen molar-refractivity contribution in [3.05, 3.63) is 37.5 Å². The van der Waals surface area contributed by atoms with E-state index in [0.29, 0.717) is 6.04 Å². The van der Waals surface area contributed by atoms with Crippen LogP contribution in [0.4, 0.5) is 0 Å². The molecular weight excluding hydrogens is 284 g/mol. The Labute approximate surface area is 129 Å². The number of thiazole rings is 1. The molecule has 1 unspecified atom stereocenters. The number of aromatic nitrogens is 1. The number of fused-ring (bicyclic) bond motifs is 1. The molecule has 0 aliphatic heterocycles. The minimum absolute atomic E-state index is 0.411. The Kier molecular flexibility index (Phi) is 4.54. The summed E-state index contributed by atoms with van der Waals surface area (Å²) < 4.78 is 0. The summed E-state index contributed by atoms with van der Waals surface area (Å²) in [5, 5.41) is 6.83. The van der Waals surface area contributed by atoms with Crippen molar-refractivity contribution < 1.29 is 0 Å². The molecule has 1 aliphatic rings. The molecule has 0 radical (unpaired) electrons. The first-order chi connectivity index (χ1) is 9.76. The van der Waals surface area contributed by atoms with Gasteiger partial charge in [-0.05, 0) is 51.3 Å². The van der Waals surface area contributed by atoms with Crippen molar-refractivity contribution in [1.82, 2.24) is 10.3 Å². The van der Waals surface area contributed by atoms with Crippen LogP contribution in [0.2, 0.25) is 0 Å². The molecule has 3 rings (SSSR count). The summed E-state index contributed by atoms with van der Waals surface area (Å²) in [7, 11) is 2.06. The highest BCUT2D eigenvalue weighted by atomic mass is 32.1. The van der Waals surface area contributed by atoms with Crippen LogP contribution < -0.4 is 5.32 Å². The Balaban J connectivity index is 1.79. The number of nitrogens with zero attached hydrogens (tertiary/aromatic N) is 1. The fourth-order valence-electron chi connectivity index (χ4n) is 2.92. The van der Waals surface area contributed by atoms with Crippen LogP contribution >= 0.6 is 22.7 Å². The van der Waals surface area contributed by atoms with Crippen LogP contribution in [0.25, 0.3) is 0 Å². The first kappa shape index (κ1) is 14.2. The maximum Gasteiger partial charge on any atom is 0.0897 e. The quantitative estimate of drug-likeness (QED) is 0.853. The molecule has 1 aliphatic carbocycles. The SMILES string of the molecule is CNC(Cc1csc(C)n1)c1cc2c(s1)CCCCC2. The molecule has 4 heteroatoms. The molecule has 1 N–H and O–H groups in total. The number of thiophene rings is 1. The Hall–Kier alpha value is -0.710. The minimum Gasteiger partial charge on any atom is -0.312 e. The first-order valence-electron chi connectivity index (χ1n) is 7.46. The van der Waals surface area contributed by atoms with E-state index in [1.54, 1.807) is 21.8 Å². The molecule has 0 fully saturated rings. The number of hydrogen-bond donors (Lipinski definition) is 1. The molecule has 1 atom stereocenters. The topological polar surface area (TPSA) is 24.9 Å². The van der Waals surface area contributed by atoms with Gasteiger partial charge in [-0.25, -0.2) is 4.98 Å². The van der Waals surface area contributed by atoms with Gasteiger partial charge in [0, 0.05) is 27.6 Å². The lowest BCUT2D eigenvalue weighted by atomic mass is 10.1. The maximum atomic E-state index is 4.60. The highest BCUT2D eigenvalue weighted by Crippen LogP contribution is 2.33. The van der Waals surface area contributed by atoms with E-state index in [4.69, 9.17) is 0 Å². The van der Waals surface area contributed by atoms with Gasteiger partial charge in [-0.2, -0.15) is 0 Å². The van der Waals surface area contributed by atoms with Crippen LogP contribution in [0.15, 0.2) is 11.4 Å². The molecule has 2 nitrogen and oxygen atoms in total. The first-order valence-corrected chi connectivity index (χ1v) is 9.15. The molecule has 2 aromatic rings. The second-order valence-corrected chi connectivity index (χ2v) is 7.79. The second-order valence-electron chi connectivity index (χ2n) is 5.56. The van der Waals surface area contributed by atoms with Crippen LogP contribution in [0.5, 0.6) is 0 Å². The van der Waals surface area contributed by atoms with Crippen molar-refractivity contribution in [3.8, 4) is 0 Å². The van der Waals surface area contributed by atoms with E-state index in [1.165, 1.54) is 42.7 Å². The third kappa shape index (κ3) is 3.13. The van der Waals surface area contributed by atoms with Crippen molar-refractivity contribution in [1.29, 1.82) is 0 Å². The van der Waals surface area contributed by atoms with E-state index in [0.717, 1.165) is 11.4 Å². The van der Waals surface area contributed by atoms with Gasteiger partial charge in [0.15, 0.2) is 0 Å². The van der Waals surface area contributed by atoms with Crippen molar-refractivity contribution in [2.75, 3.05) is 7.05 Å². The number of likely N-dealkylation sites (N-methyl/N-ethyl adjacent to an activating group) is 1. The summed E-state index contributed by atoms with van der Waals surface area (Å²) >= 11 is 3.77. The van der Waals surface area contributed by atoms with Crippen molar-refractivity contribution in [3.63, 3.8) is 0 Å². The largest absolute Gasteiger partial charge is 0.312 e. The summed E-state index contributed by atoms with van der Waals surface area (Å²) in [4.78, 5) is 7.73. The molecule has 2 heterocycles. The lowest BCUT2D eigenvalue weighted by Crippen LogP contribution is -2.17. The summed E-state index contributed by atoms with van der Waals surface area (Å²) in [6.45, 7) is 2.08. The van der Waals surface area contributed by atoms with Gasteiger partial charge < -0.3 is 5.32 Å². The van der Waals surface area contributed by atoms with Gasteiger partial charge in [0.25, 0.3) is 0 Å². The van der Waals surface area contributed by atoms with E-state index in [2.05, 4.69) is 35.7 Å². The van der Waals surface area contributed by atoms with Crippen LogP contribution in [0.3, 0.4) is 0 Å². The predicted molar refractivity (Wildman–Crippen MR) is 87.9 cm³/mol. The van der Waals surface area contributed by atoms with Crippen LogP contribution in [0.1, 0.15) is 51.3 Å². The molecule has 0 spiro atoms. The lowest BCUT2D eigenvalue weighted by molar-refractivity contribution is 0.594. The zero-order valence-electron chi connectivity index (χ0n) is 12.2. The van der Waals surface area contributed by atoms with Gasteiger partial charge in [0.2, 0.25) is 0 Å². The zero-order chi connectivity index (χ0) is 13.9. The average Bonchev–Trinajstić information content (AvgIpc) is 2.97. The van der Waals surface area contributed by atoms with Gasteiger partial charge in [-0.15, -0.1) is 22.7 Å². The Morgan fingerprint density at radius 2 is 2.15 bits per heavy atom. The molecular formula is C16H22N2S2. The number of aryl methyl sites for hydroxylation is 3. The van der Waals surface area contributed by atoms with Crippen LogP contribution in [-0.2, 0) is 19.3 Å². The molecule has 0 bridgehead atoms. The standard InChI is InChI=1S/C16H22N2S2/c1-11-18-13(10-19-11)9-14(17-2)16-8-12-6-4-3-5-7-15(12)20-16/h8,10,14,17H,3-7,9H2,1-2H3. The molecule has 0 saturated heterocycles. The molecule has 0 amide bonds. The van der Waals surface area contributed by atoms with Gasteiger partial charge >= 0.3 is 0 Å². The minimum atomic E-state index is 0.411. The highest BCUT2D eigenvalue weighted by molar-refractivity contribution is 7.12. The van der Waals surface area contributed by atoms with Gasteiger partial charge in [-0.3, -0.25) is 0 Å².